The maximum Gasteiger partial charge on any atom is 0.0262 e. The van der Waals surface area contributed by atoms with Gasteiger partial charge >= 0.3 is 0 Å². The van der Waals surface area contributed by atoms with Crippen molar-refractivity contribution in [3.63, 3.8) is 0 Å². The molecule has 2 heteroatoms. The fraction of sp³-hybridized carbons (Fsp3) is 0. The molecule has 1 aromatic carbocycles. The summed E-state index contributed by atoms with van der Waals surface area (Å²) in [6, 6.07) is 8.41. The van der Waals surface area contributed by atoms with Crippen molar-refractivity contribution < 1.29 is 0 Å². The Morgan fingerprint density at radius 2 is 1.50 bits per heavy atom. The molecule has 0 saturated carbocycles. The molecule has 8 heavy (non-hydrogen) atoms. The van der Waals surface area contributed by atoms with Gasteiger partial charge < -0.3 is 0 Å². The second-order valence-corrected chi connectivity index (χ2v) is 2.63. The molecule has 0 N–H and O–H groups in total. The first kappa shape index (κ1) is 5.99. The summed E-state index contributed by atoms with van der Waals surface area (Å²) in [5.74, 6) is 0. The molecule has 0 fully saturated rings. The third-order valence-corrected chi connectivity index (χ3v) is 1.98. The van der Waals surface area contributed by atoms with Gasteiger partial charge in [0, 0.05) is 9.79 Å². The first-order chi connectivity index (χ1) is 3.47. The van der Waals surface area contributed by atoms with Gasteiger partial charge in [0.25, 0.3) is 0 Å². The molecule has 0 unspecified atom stereocenters. The third kappa shape index (κ3) is 0.837. The van der Waals surface area contributed by atoms with Crippen LogP contribution in [0, 0.1) is 0 Å². The Balaban J connectivity index is 0.000000320. The molecule has 0 atom stereocenters. The topological polar surface area (TPSA) is 0 Å². The summed E-state index contributed by atoms with van der Waals surface area (Å²) in [5.41, 5.74) is 0. The average molecular weight is 145 g/mol. The number of hydrogen-bond donors (Lipinski definition) is 0. The van der Waals surface area contributed by atoms with Crippen molar-refractivity contribution in [1.29, 1.82) is 0 Å². The average Bonchev–Trinajstić information content (AvgIpc) is 2.41. The van der Waals surface area contributed by atoms with E-state index in [0.717, 1.165) is 0 Å². The van der Waals surface area contributed by atoms with Crippen LogP contribution in [0.3, 0.4) is 0 Å². The standard InChI is InChI=1S/C6H4S.ClH/c1-2-4-6-5(3-1)7-6;/h1-4H;1H. The van der Waals surface area contributed by atoms with Crippen molar-refractivity contribution in [2.24, 2.45) is 0 Å². The van der Waals surface area contributed by atoms with Crippen molar-refractivity contribution in [2.75, 3.05) is 0 Å². The van der Waals surface area contributed by atoms with Crippen LogP contribution in [0.4, 0.5) is 0 Å². The van der Waals surface area contributed by atoms with Gasteiger partial charge in [-0.2, -0.15) is 0 Å². The van der Waals surface area contributed by atoms with E-state index in [1.165, 1.54) is 9.79 Å². The summed E-state index contributed by atoms with van der Waals surface area (Å²) < 4.78 is 0. The minimum absolute atomic E-state index is 0. The van der Waals surface area contributed by atoms with Crippen LogP contribution in [0.1, 0.15) is 0 Å². The van der Waals surface area contributed by atoms with E-state index < -0.39 is 0 Å². The number of rotatable bonds is 0. The van der Waals surface area contributed by atoms with Gasteiger partial charge in [-0.1, -0.05) is 23.9 Å². The predicted octanol–water partition coefficient (Wildman–Crippen LogP) is 2.57. The minimum atomic E-state index is 0. The van der Waals surface area contributed by atoms with Gasteiger partial charge in [-0.3, -0.25) is 0 Å². The van der Waals surface area contributed by atoms with Crippen molar-refractivity contribution in [1.82, 2.24) is 0 Å². The lowest BCUT2D eigenvalue weighted by atomic mass is 10.4. The molecule has 0 radical (unpaired) electrons. The van der Waals surface area contributed by atoms with E-state index in [-0.39, 0.29) is 12.4 Å². The Hall–Kier alpha value is -0.140. The van der Waals surface area contributed by atoms with Crippen molar-refractivity contribution in [2.45, 2.75) is 9.79 Å². The van der Waals surface area contributed by atoms with E-state index in [1.807, 2.05) is 11.8 Å². The van der Waals surface area contributed by atoms with Crippen LogP contribution in [0.5, 0.6) is 0 Å². The van der Waals surface area contributed by atoms with Crippen LogP contribution in [0.2, 0.25) is 0 Å². The molecule has 1 heterocycles. The highest BCUT2D eigenvalue weighted by atomic mass is 35.5. The number of benzene rings is 1. The Kier molecular flexibility index (Phi) is 1.49. The molecule has 0 spiro atoms. The van der Waals surface area contributed by atoms with Crippen molar-refractivity contribution >= 4 is 24.2 Å². The van der Waals surface area contributed by atoms with E-state index in [9.17, 15) is 0 Å². The summed E-state index contributed by atoms with van der Waals surface area (Å²) in [7, 11) is 0. The van der Waals surface area contributed by atoms with Crippen LogP contribution in [0.25, 0.3) is 0 Å². The number of halogens is 1. The highest BCUT2D eigenvalue weighted by molar-refractivity contribution is 8.04. The molecular formula is C6H5ClS. The van der Waals surface area contributed by atoms with Crippen LogP contribution >= 0.6 is 24.2 Å². The SMILES string of the molecule is Cl.c1ccc2c(c1)S2. The highest BCUT2D eigenvalue weighted by Crippen LogP contribution is 2.47. The second-order valence-electron chi connectivity index (χ2n) is 1.55. The van der Waals surface area contributed by atoms with E-state index in [4.69, 9.17) is 0 Å². The van der Waals surface area contributed by atoms with Crippen LogP contribution in [-0.4, -0.2) is 0 Å². The number of fused-ring (bicyclic) bond motifs is 1. The molecular weight excluding hydrogens is 140 g/mol. The molecule has 0 amide bonds. The summed E-state index contributed by atoms with van der Waals surface area (Å²) in [6.07, 6.45) is 0. The Bertz CT molecular complexity index is 176. The quantitative estimate of drug-likeness (QED) is 0.513. The van der Waals surface area contributed by atoms with Gasteiger partial charge in [0.1, 0.15) is 0 Å². The lowest BCUT2D eigenvalue weighted by molar-refractivity contribution is 1.38. The Morgan fingerprint density at radius 1 is 1.00 bits per heavy atom. The summed E-state index contributed by atoms with van der Waals surface area (Å²) in [5, 5.41) is 0. The van der Waals surface area contributed by atoms with Gasteiger partial charge in [-0.25, -0.2) is 0 Å². The van der Waals surface area contributed by atoms with Crippen molar-refractivity contribution in [3.8, 4) is 0 Å². The van der Waals surface area contributed by atoms with E-state index in [0.29, 0.717) is 0 Å². The predicted molar refractivity (Wildman–Crippen MR) is 37.8 cm³/mol. The molecule has 1 aliphatic heterocycles. The summed E-state index contributed by atoms with van der Waals surface area (Å²) in [6.45, 7) is 0. The molecule has 42 valence electrons. The fourth-order valence-electron chi connectivity index (χ4n) is 0.611. The molecule has 1 aromatic rings. The van der Waals surface area contributed by atoms with Gasteiger partial charge in [0.05, 0.1) is 0 Å². The largest absolute Gasteiger partial charge is 0.147 e. The highest BCUT2D eigenvalue weighted by Gasteiger charge is 2.14. The zero-order valence-corrected chi connectivity index (χ0v) is 5.76. The molecule has 1 aliphatic rings. The lowest BCUT2D eigenvalue weighted by Gasteiger charge is -1.66. The van der Waals surface area contributed by atoms with Gasteiger partial charge in [-0.15, -0.1) is 12.4 Å². The molecule has 0 aromatic heterocycles. The fourth-order valence-corrected chi connectivity index (χ4v) is 1.23. The van der Waals surface area contributed by atoms with Crippen molar-refractivity contribution in [3.05, 3.63) is 24.3 Å². The lowest BCUT2D eigenvalue weighted by Crippen LogP contribution is -1.46. The monoisotopic (exact) mass is 144 g/mol. The Morgan fingerprint density at radius 3 is 1.88 bits per heavy atom. The molecule has 2 rings (SSSR count). The van der Waals surface area contributed by atoms with Crippen LogP contribution < -0.4 is 0 Å². The minimum Gasteiger partial charge on any atom is -0.147 e. The van der Waals surface area contributed by atoms with Gasteiger partial charge in [0.15, 0.2) is 0 Å². The summed E-state index contributed by atoms with van der Waals surface area (Å²) in [4.78, 5) is 2.89. The smallest absolute Gasteiger partial charge is 0.0262 e. The van der Waals surface area contributed by atoms with E-state index in [2.05, 4.69) is 24.3 Å². The maximum absolute atomic E-state index is 2.14. The molecule has 0 aliphatic carbocycles. The van der Waals surface area contributed by atoms with Crippen LogP contribution in [-0.2, 0) is 0 Å². The van der Waals surface area contributed by atoms with E-state index >= 15 is 0 Å². The molecule has 0 nitrogen and oxygen atoms in total. The van der Waals surface area contributed by atoms with Gasteiger partial charge in [-0.05, 0) is 12.1 Å². The van der Waals surface area contributed by atoms with Crippen LogP contribution in [0.15, 0.2) is 34.1 Å². The zero-order chi connectivity index (χ0) is 4.69. The first-order valence-corrected chi connectivity index (χ1v) is 3.05. The third-order valence-electron chi connectivity index (χ3n) is 1.03. The van der Waals surface area contributed by atoms with Gasteiger partial charge in [0.2, 0.25) is 0 Å². The maximum atomic E-state index is 2.14. The Labute approximate surface area is 58.7 Å². The summed E-state index contributed by atoms with van der Waals surface area (Å²) >= 11 is 1.86. The molecule has 0 bridgehead atoms. The zero-order valence-electron chi connectivity index (χ0n) is 4.13. The normalized spacial score (nSPS) is 11.5. The molecule has 0 saturated heterocycles. The second kappa shape index (κ2) is 2.00. The number of hydrogen-bond acceptors (Lipinski definition) is 1. The first-order valence-electron chi connectivity index (χ1n) is 2.24. The van der Waals surface area contributed by atoms with E-state index in [1.54, 1.807) is 0 Å².